The van der Waals surface area contributed by atoms with Crippen LogP contribution in [0.25, 0.3) is 11.1 Å². The maximum absolute atomic E-state index is 6.48. The highest BCUT2D eigenvalue weighted by molar-refractivity contribution is 7.00. The Balaban J connectivity index is 1.39. The van der Waals surface area contributed by atoms with Crippen molar-refractivity contribution in [1.29, 1.82) is 0 Å². The van der Waals surface area contributed by atoms with Gasteiger partial charge in [0.1, 0.15) is 0 Å². The molecule has 0 unspecified atom stereocenters. The van der Waals surface area contributed by atoms with Gasteiger partial charge in [-0.15, -0.1) is 0 Å². The van der Waals surface area contributed by atoms with Crippen LogP contribution in [-0.4, -0.2) is 13.5 Å². The standard InChI is InChI=1S/C50H51BN2O2/c1-31-26-42-45-43(27-31)53(40-23-18-34(49(5,6)7)28-37(40)32-14-12-11-13-15-32)46-38(22-25-44-47(46)55-30-54-44)51(45)39-29-35(50(8,9)10)19-24-41(39)52(42)36-20-16-33(17-21-36)48(2,3)4/h11-29H,30H2,1-10H3. The molecule has 5 heteroatoms. The first-order valence-electron chi connectivity index (χ1n) is 19.7. The Morgan fingerprint density at radius 2 is 1.13 bits per heavy atom. The van der Waals surface area contributed by atoms with Crippen molar-refractivity contribution >= 4 is 57.2 Å². The number of rotatable bonds is 3. The van der Waals surface area contributed by atoms with Gasteiger partial charge < -0.3 is 19.3 Å². The van der Waals surface area contributed by atoms with Gasteiger partial charge in [0.25, 0.3) is 6.71 Å². The minimum absolute atomic E-state index is 0.0226. The lowest BCUT2D eigenvalue weighted by molar-refractivity contribution is 0.174. The molecule has 0 bridgehead atoms. The van der Waals surface area contributed by atoms with Crippen molar-refractivity contribution in [3.05, 3.63) is 138 Å². The van der Waals surface area contributed by atoms with Gasteiger partial charge in [0.15, 0.2) is 11.5 Å². The summed E-state index contributed by atoms with van der Waals surface area (Å²) < 4.78 is 12.6. The molecule has 0 saturated carbocycles. The Morgan fingerprint density at radius 3 is 1.78 bits per heavy atom. The number of benzene rings is 6. The molecule has 4 nitrogen and oxygen atoms in total. The molecule has 0 spiro atoms. The molecule has 3 heterocycles. The van der Waals surface area contributed by atoms with Gasteiger partial charge >= 0.3 is 0 Å². The SMILES string of the molecule is Cc1cc2c3c(c1)N(c1ccc(C(C)(C)C)cc1-c1ccccc1)c1c(ccc4c1OCO4)B3c1cc(C(C)(C)C)ccc1N2c1ccc(C(C)(C)C)cc1. The molecule has 0 saturated heterocycles. The molecule has 6 aromatic rings. The molecule has 0 amide bonds. The summed E-state index contributed by atoms with van der Waals surface area (Å²) in [5.74, 6) is 1.59. The Morgan fingerprint density at radius 1 is 0.527 bits per heavy atom. The second-order valence-electron chi connectivity index (χ2n) is 18.7. The van der Waals surface area contributed by atoms with Crippen molar-refractivity contribution in [2.24, 2.45) is 0 Å². The van der Waals surface area contributed by atoms with Crippen molar-refractivity contribution in [2.45, 2.75) is 85.5 Å². The normalized spacial score (nSPS) is 14.5. The summed E-state index contributed by atoms with van der Waals surface area (Å²) in [6.45, 7) is 23.0. The quantitative estimate of drug-likeness (QED) is 0.170. The van der Waals surface area contributed by atoms with Crippen LogP contribution in [0.1, 0.15) is 84.6 Å². The van der Waals surface area contributed by atoms with E-state index in [1.165, 1.54) is 66.8 Å². The average Bonchev–Trinajstić information content (AvgIpc) is 3.63. The molecule has 6 aromatic carbocycles. The molecule has 9 rings (SSSR count). The highest BCUT2D eigenvalue weighted by Gasteiger charge is 2.46. The predicted molar refractivity (Wildman–Crippen MR) is 233 cm³/mol. The molecule has 0 fully saturated rings. The molecule has 0 N–H and O–H groups in total. The Labute approximate surface area is 327 Å². The zero-order valence-electron chi connectivity index (χ0n) is 34.0. The molecule has 276 valence electrons. The van der Waals surface area contributed by atoms with Crippen molar-refractivity contribution in [3.8, 4) is 22.6 Å². The zero-order valence-corrected chi connectivity index (χ0v) is 34.0. The number of aryl methyl sites for hydroxylation is 1. The first-order chi connectivity index (χ1) is 26.1. The lowest BCUT2D eigenvalue weighted by atomic mass is 9.33. The Hall–Kier alpha value is -5.42. The third-order valence-electron chi connectivity index (χ3n) is 11.8. The Kier molecular flexibility index (Phi) is 7.89. The van der Waals surface area contributed by atoms with Crippen molar-refractivity contribution in [3.63, 3.8) is 0 Å². The molecule has 3 aliphatic rings. The zero-order chi connectivity index (χ0) is 38.6. The molecular formula is C50H51BN2O2. The first kappa shape index (κ1) is 35.3. The molecular weight excluding hydrogens is 671 g/mol. The summed E-state index contributed by atoms with van der Waals surface area (Å²) in [6.07, 6.45) is 0. The van der Waals surface area contributed by atoms with Crippen molar-refractivity contribution < 1.29 is 9.47 Å². The van der Waals surface area contributed by atoms with E-state index in [0.29, 0.717) is 0 Å². The molecule has 3 aliphatic heterocycles. The molecule has 0 aliphatic carbocycles. The lowest BCUT2D eigenvalue weighted by Crippen LogP contribution is -2.61. The molecule has 0 atom stereocenters. The van der Waals surface area contributed by atoms with Gasteiger partial charge in [-0.3, -0.25) is 0 Å². The van der Waals surface area contributed by atoms with Crippen LogP contribution in [-0.2, 0) is 16.2 Å². The van der Waals surface area contributed by atoms with Crippen molar-refractivity contribution in [2.75, 3.05) is 16.6 Å². The van der Waals surface area contributed by atoms with Gasteiger partial charge in [0, 0.05) is 28.3 Å². The molecule has 0 radical (unpaired) electrons. The van der Waals surface area contributed by atoms with Crippen LogP contribution in [0.2, 0.25) is 0 Å². The Bertz CT molecular complexity index is 2480. The van der Waals surface area contributed by atoms with E-state index < -0.39 is 0 Å². The maximum atomic E-state index is 6.48. The largest absolute Gasteiger partial charge is 0.454 e. The third-order valence-corrected chi connectivity index (χ3v) is 11.8. The summed E-state index contributed by atoms with van der Waals surface area (Å²) in [4.78, 5) is 4.99. The van der Waals surface area contributed by atoms with Gasteiger partial charge in [0.05, 0.1) is 11.4 Å². The van der Waals surface area contributed by atoms with Crippen LogP contribution in [0, 0.1) is 6.92 Å². The first-order valence-corrected chi connectivity index (χ1v) is 19.7. The monoisotopic (exact) mass is 722 g/mol. The average molecular weight is 723 g/mol. The summed E-state index contributed by atoms with van der Waals surface area (Å²) in [7, 11) is 0. The van der Waals surface area contributed by atoms with Gasteiger partial charge in [-0.2, -0.15) is 0 Å². The smallest absolute Gasteiger partial charge is 0.252 e. The van der Waals surface area contributed by atoms with Crippen LogP contribution in [0.3, 0.4) is 0 Å². The van der Waals surface area contributed by atoms with E-state index in [2.05, 4.69) is 194 Å². The van der Waals surface area contributed by atoms with E-state index in [1.54, 1.807) is 0 Å². The summed E-state index contributed by atoms with van der Waals surface area (Å²) in [6, 6.07) is 43.4. The van der Waals surface area contributed by atoms with E-state index in [0.717, 1.165) is 28.6 Å². The molecule has 0 aromatic heterocycles. The number of anilines is 6. The lowest BCUT2D eigenvalue weighted by Gasteiger charge is -2.45. The van der Waals surface area contributed by atoms with E-state index in [9.17, 15) is 0 Å². The number of nitrogens with zero attached hydrogens (tertiary/aromatic N) is 2. The fraction of sp³-hybridized carbons (Fsp3) is 0.280. The predicted octanol–water partition coefficient (Wildman–Crippen LogP) is 11.4. The van der Waals surface area contributed by atoms with Gasteiger partial charge in [0.2, 0.25) is 6.79 Å². The highest BCUT2D eigenvalue weighted by Crippen LogP contribution is 2.52. The fourth-order valence-corrected chi connectivity index (χ4v) is 8.73. The number of hydrogen-bond acceptors (Lipinski definition) is 4. The van der Waals surface area contributed by atoms with E-state index >= 15 is 0 Å². The van der Waals surface area contributed by atoms with Crippen LogP contribution in [0.4, 0.5) is 34.1 Å². The second-order valence-corrected chi connectivity index (χ2v) is 18.7. The third kappa shape index (κ3) is 5.74. The minimum atomic E-state index is -0.0254. The van der Waals surface area contributed by atoms with E-state index in [-0.39, 0.29) is 29.8 Å². The van der Waals surface area contributed by atoms with Crippen LogP contribution < -0.4 is 35.7 Å². The summed E-state index contributed by atoms with van der Waals surface area (Å²) >= 11 is 0. The van der Waals surface area contributed by atoms with Crippen molar-refractivity contribution in [1.82, 2.24) is 0 Å². The topological polar surface area (TPSA) is 24.9 Å². The van der Waals surface area contributed by atoms with E-state index in [1.807, 2.05) is 0 Å². The fourth-order valence-electron chi connectivity index (χ4n) is 8.73. The van der Waals surface area contributed by atoms with Gasteiger partial charge in [-0.05, 0) is 116 Å². The highest BCUT2D eigenvalue weighted by atomic mass is 16.7. The number of fused-ring (bicyclic) bond motifs is 6. The second kappa shape index (κ2) is 12.3. The van der Waals surface area contributed by atoms with Crippen LogP contribution in [0.15, 0.2) is 115 Å². The molecule has 55 heavy (non-hydrogen) atoms. The minimum Gasteiger partial charge on any atom is -0.454 e. The van der Waals surface area contributed by atoms with Crippen LogP contribution >= 0.6 is 0 Å². The summed E-state index contributed by atoms with van der Waals surface area (Å²) in [5.41, 5.74) is 18.2. The van der Waals surface area contributed by atoms with Gasteiger partial charge in [-0.1, -0.05) is 129 Å². The summed E-state index contributed by atoms with van der Waals surface area (Å²) in [5, 5.41) is 0. The maximum Gasteiger partial charge on any atom is 0.252 e. The van der Waals surface area contributed by atoms with Gasteiger partial charge in [-0.25, -0.2) is 0 Å². The van der Waals surface area contributed by atoms with E-state index in [4.69, 9.17) is 9.47 Å². The van der Waals surface area contributed by atoms with Crippen LogP contribution in [0.5, 0.6) is 11.5 Å². The number of hydrogen-bond donors (Lipinski definition) is 0. The number of ether oxygens (including phenoxy) is 2.